The van der Waals surface area contributed by atoms with Crippen molar-refractivity contribution in [2.75, 3.05) is 13.6 Å². The zero-order chi connectivity index (χ0) is 15.5. The lowest BCUT2D eigenvalue weighted by atomic mass is 9.89. The van der Waals surface area contributed by atoms with Crippen LogP contribution in [-0.2, 0) is 16.6 Å². The Morgan fingerprint density at radius 1 is 1.29 bits per heavy atom. The summed E-state index contributed by atoms with van der Waals surface area (Å²) < 4.78 is 41.0. The van der Waals surface area contributed by atoms with Gasteiger partial charge in [0.1, 0.15) is 5.82 Å². The Labute approximate surface area is 126 Å². The Kier molecular flexibility index (Phi) is 5.01. The Morgan fingerprint density at radius 3 is 2.57 bits per heavy atom. The van der Waals surface area contributed by atoms with Crippen LogP contribution in [0.25, 0.3) is 0 Å². The molecule has 2 rings (SSSR count). The number of hydrogen-bond donors (Lipinski definition) is 2. The van der Waals surface area contributed by atoms with E-state index in [2.05, 4.69) is 17.0 Å². The summed E-state index contributed by atoms with van der Waals surface area (Å²) >= 11 is 0. The largest absolute Gasteiger partial charge is 0.316 e. The van der Waals surface area contributed by atoms with Gasteiger partial charge in [-0.2, -0.15) is 0 Å². The van der Waals surface area contributed by atoms with Crippen molar-refractivity contribution >= 4 is 10.0 Å². The summed E-state index contributed by atoms with van der Waals surface area (Å²) in [4.78, 5) is 0.0263. The van der Waals surface area contributed by atoms with Gasteiger partial charge >= 0.3 is 0 Å². The first-order valence-electron chi connectivity index (χ1n) is 7.29. The van der Waals surface area contributed by atoms with Gasteiger partial charge in [-0.15, -0.1) is 0 Å². The predicted octanol–water partition coefficient (Wildman–Crippen LogP) is 2.40. The molecule has 6 heteroatoms. The summed E-state index contributed by atoms with van der Waals surface area (Å²) in [5.74, 6) is -0.540. The van der Waals surface area contributed by atoms with Crippen molar-refractivity contribution in [3.05, 3.63) is 29.6 Å². The summed E-state index contributed by atoms with van der Waals surface area (Å²) in [5.41, 5.74) is 0.590. The van der Waals surface area contributed by atoms with Gasteiger partial charge in [0, 0.05) is 13.1 Å². The first kappa shape index (κ1) is 16.4. The van der Waals surface area contributed by atoms with Gasteiger partial charge in [-0.25, -0.2) is 17.5 Å². The Balaban J connectivity index is 2.20. The highest BCUT2D eigenvalue weighted by Gasteiger charge is 2.30. The lowest BCUT2D eigenvalue weighted by molar-refractivity contribution is 0.336. The van der Waals surface area contributed by atoms with Gasteiger partial charge in [-0.05, 0) is 43.0 Å². The van der Waals surface area contributed by atoms with Gasteiger partial charge in [0.05, 0.1) is 4.90 Å². The maximum atomic E-state index is 13.4. The normalized spacial score (nSPS) is 18.0. The minimum atomic E-state index is -3.69. The molecule has 1 aromatic rings. The standard InChI is InChI=1S/C15H23FN2O2S/c1-15(7-3-4-8-15)11-18-21(19,20)14-9-13(16)6-5-12(14)10-17-2/h5-6,9,17-18H,3-4,7-8,10-11H2,1-2H3. The van der Waals surface area contributed by atoms with Crippen LogP contribution in [-0.4, -0.2) is 22.0 Å². The van der Waals surface area contributed by atoms with Crippen molar-refractivity contribution in [1.82, 2.24) is 10.0 Å². The molecule has 0 saturated heterocycles. The molecule has 0 unspecified atom stereocenters. The molecule has 0 bridgehead atoms. The molecule has 0 amide bonds. The van der Waals surface area contributed by atoms with E-state index in [9.17, 15) is 12.8 Å². The van der Waals surface area contributed by atoms with Crippen molar-refractivity contribution in [2.45, 2.75) is 44.0 Å². The second-order valence-corrected chi connectivity index (χ2v) is 7.86. The molecule has 21 heavy (non-hydrogen) atoms. The summed E-state index contributed by atoms with van der Waals surface area (Å²) in [6.07, 6.45) is 4.34. The van der Waals surface area contributed by atoms with Crippen molar-refractivity contribution < 1.29 is 12.8 Å². The second-order valence-electron chi connectivity index (χ2n) is 6.12. The van der Waals surface area contributed by atoms with Crippen LogP contribution in [0, 0.1) is 11.2 Å². The lowest BCUT2D eigenvalue weighted by Crippen LogP contribution is -2.34. The van der Waals surface area contributed by atoms with Crippen LogP contribution in [0.2, 0.25) is 0 Å². The van der Waals surface area contributed by atoms with Gasteiger partial charge in [0.2, 0.25) is 10.0 Å². The molecule has 0 aliphatic heterocycles. The highest BCUT2D eigenvalue weighted by molar-refractivity contribution is 7.89. The van der Waals surface area contributed by atoms with Crippen molar-refractivity contribution in [3.8, 4) is 0 Å². The summed E-state index contributed by atoms with van der Waals surface area (Å²) in [6, 6.07) is 3.88. The molecular formula is C15H23FN2O2S. The van der Waals surface area contributed by atoms with E-state index in [0.717, 1.165) is 31.7 Å². The second kappa shape index (κ2) is 6.42. The number of benzene rings is 1. The highest BCUT2D eigenvalue weighted by Crippen LogP contribution is 2.37. The topological polar surface area (TPSA) is 58.2 Å². The van der Waals surface area contributed by atoms with Crippen LogP contribution in [0.5, 0.6) is 0 Å². The molecule has 1 aromatic carbocycles. The molecule has 118 valence electrons. The molecule has 0 radical (unpaired) electrons. The van der Waals surface area contributed by atoms with Crippen LogP contribution >= 0.6 is 0 Å². The first-order valence-corrected chi connectivity index (χ1v) is 8.77. The monoisotopic (exact) mass is 314 g/mol. The number of halogens is 1. The molecule has 1 saturated carbocycles. The SMILES string of the molecule is CNCc1ccc(F)cc1S(=O)(=O)NCC1(C)CCCC1. The Hall–Kier alpha value is -0.980. The Bertz CT molecular complexity index is 596. The summed E-state index contributed by atoms with van der Waals surface area (Å²) in [7, 11) is -1.96. The number of nitrogens with one attached hydrogen (secondary N) is 2. The van der Waals surface area contributed by atoms with Crippen LogP contribution in [0.15, 0.2) is 23.1 Å². The molecule has 2 N–H and O–H groups in total. The molecule has 0 atom stereocenters. The molecule has 1 aliphatic carbocycles. The van der Waals surface area contributed by atoms with E-state index in [4.69, 9.17) is 0 Å². The van der Waals surface area contributed by atoms with Crippen LogP contribution in [0.1, 0.15) is 38.2 Å². The first-order chi connectivity index (χ1) is 9.86. The van der Waals surface area contributed by atoms with E-state index in [1.165, 1.54) is 12.1 Å². The summed E-state index contributed by atoms with van der Waals surface area (Å²) in [6.45, 7) is 2.89. The van der Waals surface area contributed by atoms with Gasteiger partial charge in [0.15, 0.2) is 0 Å². The third kappa shape index (κ3) is 4.02. The fourth-order valence-electron chi connectivity index (χ4n) is 2.87. The lowest BCUT2D eigenvalue weighted by Gasteiger charge is -2.24. The molecule has 0 heterocycles. The zero-order valence-electron chi connectivity index (χ0n) is 12.6. The molecule has 0 aromatic heterocycles. The van der Waals surface area contributed by atoms with Gasteiger partial charge < -0.3 is 5.32 Å². The maximum Gasteiger partial charge on any atom is 0.241 e. The van der Waals surface area contributed by atoms with Gasteiger partial charge in [0.25, 0.3) is 0 Å². The van der Waals surface area contributed by atoms with E-state index in [1.54, 1.807) is 7.05 Å². The molecule has 0 spiro atoms. The van der Waals surface area contributed by atoms with Crippen LogP contribution in [0.3, 0.4) is 0 Å². The molecule has 4 nitrogen and oxygen atoms in total. The quantitative estimate of drug-likeness (QED) is 0.848. The van der Waals surface area contributed by atoms with Gasteiger partial charge in [-0.1, -0.05) is 25.8 Å². The van der Waals surface area contributed by atoms with Crippen molar-refractivity contribution in [2.24, 2.45) is 5.41 Å². The maximum absolute atomic E-state index is 13.4. The number of sulfonamides is 1. The van der Waals surface area contributed by atoms with Crippen molar-refractivity contribution in [1.29, 1.82) is 0 Å². The van der Waals surface area contributed by atoms with Gasteiger partial charge in [-0.3, -0.25) is 0 Å². The highest BCUT2D eigenvalue weighted by atomic mass is 32.2. The average molecular weight is 314 g/mol. The third-order valence-corrected chi connectivity index (χ3v) is 5.67. The Morgan fingerprint density at radius 2 is 1.95 bits per heavy atom. The van der Waals surface area contributed by atoms with E-state index in [-0.39, 0.29) is 10.3 Å². The molecule has 1 aliphatic rings. The fraction of sp³-hybridized carbons (Fsp3) is 0.600. The molecular weight excluding hydrogens is 291 g/mol. The van der Waals surface area contributed by atoms with Crippen LogP contribution in [0.4, 0.5) is 4.39 Å². The predicted molar refractivity (Wildman–Crippen MR) is 80.9 cm³/mol. The van der Waals surface area contributed by atoms with E-state index < -0.39 is 15.8 Å². The average Bonchev–Trinajstić information content (AvgIpc) is 2.87. The van der Waals surface area contributed by atoms with E-state index >= 15 is 0 Å². The fourth-order valence-corrected chi connectivity index (χ4v) is 4.31. The van der Waals surface area contributed by atoms with E-state index in [0.29, 0.717) is 18.7 Å². The van der Waals surface area contributed by atoms with Crippen molar-refractivity contribution in [3.63, 3.8) is 0 Å². The third-order valence-electron chi connectivity index (χ3n) is 4.19. The number of hydrogen-bond acceptors (Lipinski definition) is 3. The smallest absolute Gasteiger partial charge is 0.241 e. The van der Waals surface area contributed by atoms with E-state index in [1.807, 2.05) is 0 Å². The molecule has 1 fully saturated rings. The minimum Gasteiger partial charge on any atom is -0.316 e. The van der Waals surface area contributed by atoms with Crippen LogP contribution < -0.4 is 10.0 Å². The summed E-state index contributed by atoms with van der Waals surface area (Å²) in [5, 5.41) is 2.91. The number of rotatable bonds is 6. The zero-order valence-corrected chi connectivity index (χ0v) is 13.4. The minimum absolute atomic E-state index is 0.0174.